The fraction of sp³-hybridized carbons (Fsp3) is 0.0588. The lowest BCUT2D eigenvalue weighted by molar-refractivity contribution is 0.0952. The van der Waals surface area contributed by atoms with E-state index in [0.717, 1.165) is 5.56 Å². The molecule has 4 heteroatoms. The van der Waals surface area contributed by atoms with Crippen molar-refractivity contribution < 1.29 is 9.59 Å². The van der Waals surface area contributed by atoms with Crippen molar-refractivity contribution in [1.29, 1.82) is 0 Å². The molecule has 0 spiro atoms. The standard InChI is InChI=1S/C17H14ClNO2/c18-15-8-3-5-13(11-15)6-4-10-19-17(21)16-9-2-1-7-14(16)12-20/h1-9,11-12H,10H2,(H,19,21)/b6-4+. The summed E-state index contributed by atoms with van der Waals surface area (Å²) in [5, 5.41) is 3.41. The molecule has 0 fully saturated rings. The summed E-state index contributed by atoms with van der Waals surface area (Å²) in [5.41, 5.74) is 1.72. The number of amides is 1. The normalized spacial score (nSPS) is 10.5. The Morgan fingerprint density at radius 1 is 1.14 bits per heavy atom. The molecule has 2 aromatic carbocycles. The van der Waals surface area contributed by atoms with Crippen LogP contribution in [0.5, 0.6) is 0 Å². The molecule has 0 aliphatic carbocycles. The first-order valence-corrected chi connectivity index (χ1v) is 6.83. The Balaban J connectivity index is 1.94. The average molecular weight is 300 g/mol. The molecule has 0 unspecified atom stereocenters. The minimum absolute atomic E-state index is 0.270. The van der Waals surface area contributed by atoms with Crippen molar-refractivity contribution in [2.75, 3.05) is 6.54 Å². The fourth-order valence-corrected chi connectivity index (χ4v) is 2.06. The largest absolute Gasteiger partial charge is 0.349 e. The van der Waals surface area contributed by atoms with Gasteiger partial charge in [-0.25, -0.2) is 0 Å². The molecule has 3 nitrogen and oxygen atoms in total. The Labute approximate surface area is 128 Å². The monoisotopic (exact) mass is 299 g/mol. The lowest BCUT2D eigenvalue weighted by atomic mass is 10.1. The molecule has 0 bridgehead atoms. The topological polar surface area (TPSA) is 46.2 Å². The zero-order valence-electron chi connectivity index (χ0n) is 11.3. The van der Waals surface area contributed by atoms with Gasteiger partial charge in [0.1, 0.15) is 0 Å². The number of hydrogen-bond donors (Lipinski definition) is 1. The van der Waals surface area contributed by atoms with Gasteiger partial charge in [0.25, 0.3) is 5.91 Å². The number of aldehydes is 1. The molecule has 0 aromatic heterocycles. The van der Waals surface area contributed by atoms with Crippen LogP contribution in [0.25, 0.3) is 6.08 Å². The van der Waals surface area contributed by atoms with Crippen LogP contribution in [0.2, 0.25) is 5.02 Å². The number of benzene rings is 2. The molecule has 1 amide bonds. The molecule has 0 heterocycles. The molecule has 2 aromatic rings. The predicted octanol–water partition coefficient (Wildman–Crippen LogP) is 3.60. The van der Waals surface area contributed by atoms with Gasteiger partial charge in [-0.15, -0.1) is 0 Å². The predicted molar refractivity (Wildman–Crippen MR) is 84.6 cm³/mol. The highest BCUT2D eigenvalue weighted by Gasteiger charge is 2.08. The molecule has 0 aliphatic rings. The van der Waals surface area contributed by atoms with Gasteiger partial charge in [-0.2, -0.15) is 0 Å². The summed E-state index contributed by atoms with van der Waals surface area (Å²) >= 11 is 5.88. The van der Waals surface area contributed by atoms with Gasteiger partial charge in [-0.1, -0.05) is 54.1 Å². The van der Waals surface area contributed by atoms with E-state index < -0.39 is 0 Å². The van der Waals surface area contributed by atoms with Gasteiger partial charge in [0.2, 0.25) is 0 Å². The van der Waals surface area contributed by atoms with E-state index in [0.29, 0.717) is 29.0 Å². The minimum Gasteiger partial charge on any atom is -0.349 e. The lowest BCUT2D eigenvalue weighted by Gasteiger charge is -2.04. The van der Waals surface area contributed by atoms with E-state index in [1.54, 1.807) is 30.3 Å². The zero-order valence-corrected chi connectivity index (χ0v) is 12.0. The fourth-order valence-electron chi connectivity index (χ4n) is 1.86. The van der Waals surface area contributed by atoms with Crippen LogP contribution in [0, 0.1) is 0 Å². The Morgan fingerprint density at radius 3 is 2.71 bits per heavy atom. The average Bonchev–Trinajstić information content (AvgIpc) is 2.51. The summed E-state index contributed by atoms with van der Waals surface area (Å²) in [6.45, 7) is 0.374. The van der Waals surface area contributed by atoms with Crippen molar-refractivity contribution >= 4 is 29.9 Å². The molecular weight excluding hydrogens is 286 g/mol. The zero-order chi connectivity index (χ0) is 15.1. The molecular formula is C17H14ClNO2. The molecule has 0 saturated heterocycles. The second-order valence-electron chi connectivity index (χ2n) is 4.37. The van der Waals surface area contributed by atoms with E-state index in [-0.39, 0.29) is 5.91 Å². The van der Waals surface area contributed by atoms with Gasteiger partial charge < -0.3 is 5.32 Å². The summed E-state index contributed by atoms with van der Waals surface area (Å²) in [6.07, 6.45) is 4.38. The maximum atomic E-state index is 12.0. The molecule has 21 heavy (non-hydrogen) atoms. The van der Waals surface area contributed by atoms with Gasteiger partial charge in [-0.3, -0.25) is 9.59 Å². The number of hydrogen-bond acceptors (Lipinski definition) is 2. The minimum atomic E-state index is -0.270. The number of halogens is 1. The SMILES string of the molecule is O=Cc1ccccc1C(=O)NC/C=C/c1cccc(Cl)c1. The molecule has 106 valence electrons. The first-order valence-electron chi connectivity index (χ1n) is 6.45. The van der Waals surface area contributed by atoms with E-state index in [1.165, 1.54) is 0 Å². The van der Waals surface area contributed by atoms with Crippen LogP contribution in [0.3, 0.4) is 0 Å². The van der Waals surface area contributed by atoms with Crippen molar-refractivity contribution in [1.82, 2.24) is 5.32 Å². The molecule has 0 aliphatic heterocycles. The lowest BCUT2D eigenvalue weighted by Crippen LogP contribution is -2.24. The van der Waals surface area contributed by atoms with Gasteiger partial charge in [0.15, 0.2) is 6.29 Å². The summed E-state index contributed by atoms with van der Waals surface area (Å²) in [7, 11) is 0. The molecule has 2 rings (SSSR count). The molecule has 0 atom stereocenters. The summed E-state index contributed by atoms with van der Waals surface area (Å²) < 4.78 is 0. The van der Waals surface area contributed by atoms with Crippen molar-refractivity contribution in [3.63, 3.8) is 0 Å². The summed E-state index contributed by atoms with van der Waals surface area (Å²) in [5.74, 6) is -0.270. The van der Waals surface area contributed by atoms with E-state index in [9.17, 15) is 9.59 Å². The van der Waals surface area contributed by atoms with Crippen LogP contribution in [-0.2, 0) is 0 Å². The number of rotatable bonds is 5. The maximum absolute atomic E-state index is 12.0. The van der Waals surface area contributed by atoms with Crippen molar-refractivity contribution in [3.8, 4) is 0 Å². The Bertz CT molecular complexity index is 680. The Hall–Kier alpha value is -2.39. The van der Waals surface area contributed by atoms with Crippen LogP contribution in [-0.4, -0.2) is 18.7 Å². The van der Waals surface area contributed by atoms with E-state index >= 15 is 0 Å². The molecule has 0 saturated carbocycles. The highest BCUT2D eigenvalue weighted by Crippen LogP contribution is 2.11. The third kappa shape index (κ3) is 4.29. The summed E-state index contributed by atoms with van der Waals surface area (Å²) in [4.78, 5) is 22.8. The third-order valence-corrected chi connectivity index (χ3v) is 3.11. The Morgan fingerprint density at radius 2 is 1.95 bits per heavy atom. The van der Waals surface area contributed by atoms with Gasteiger partial charge >= 0.3 is 0 Å². The first-order chi connectivity index (χ1) is 10.2. The smallest absolute Gasteiger partial charge is 0.252 e. The number of carbonyl (C=O) groups excluding carboxylic acids is 2. The maximum Gasteiger partial charge on any atom is 0.252 e. The molecule has 1 N–H and O–H groups in total. The van der Waals surface area contributed by atoms with Crippen LogP contribution in [0.15, 0.2) is 54.6 Å². The quantitative estimate of drug-likeness (QED) is 0.858. The second-order valence-corrected chi connectivity index (χ2v) is 4.81. The second kappa shape index (κ2) is 7.41. The van der Waals surface area contributed by atoms with Crippen LogP contribution < -0.4 is 5.32 Å². The van der Waals surface area contributed by atoms with Gasteiger partial charge in [0, 0.05) is 22.7 Å². The van der Waals surface area contributed by atoms with Crippen molar-refractivity contribution in [2.24, 2.45) is 0 Å². The highest BCUT2D eigenvalue weighted by molar-refractivity contribution is 6.30. The van der Waals surface area contributed by atoms with Gasteiger partial charge in [0.05, 0.1) is 0 Å². The van der Waals surface area contributed by atoms with Crippen molar-refractivity contribution in [3.05, 3.63) is 76.3 Å². The van der Waals surface area contributed by atoms with Crippen molar-refractivity contribution in [2.45, 2.75) is 0 Å². The Kier molecular flexibility index (Phi) is 5.29. The molecule has 0 radical (unpaired) electrons. The van der Waals surface area contributed by atoms with E-state index in [4.69, 9.17) is 11.6 Å². The highest BCUT2D eigenvalue weighted by atomic mass is 35.5. The van der Waals surface area contributed by atoms with E-state index in [1.807, 2.05) is 30.4 Å². The number of nitrogens with one attached hydrogen (secondary N) is 1. The number of carbonyl (C=O) groups is 2. The van der Waals surface area contributed by atoms with Crippen LogP contribution in [0.1, 0.15) is 26.3 Å². The summed E-state index contributed by atoms with van der Waals surface area (Å²) in [6, 6.07) is 14.1. The third-order valence-electron chi connectivity index (χ3n) is 2.87. The van der Waals surface area contributed by atoms with Crippen LogP contribution >= 0.6 is 11.6 Å². The van der Waals surface area contributed by atoms with Crippen LogP contribution in [0.4, 0.5) is 0 Å². The first kappa shape index (κ1) is 15.0. The van der Waals surface area contributed by atoms with E-state index in [2.05, 4.69) is 5.32 Å². The van der Waals surface area contributed by atoms with Gasteiger partial charge in [-0.05, 0) is 23.8 Å².